The van der Waals surface area contributed by atoms with Crippen molar-refractivity contribution >= 4 is 5.91 Å². The van der Waals surface area contributed by atoms with Crippen LogP contribution >= 0.6 is 0 Å². The maximum atomic E-state index is 12.9. The molecule has 0 spiro atoms. The summed E-state index contributed by atoms with van der Waals surface area (Å²) in [5, 5.41) is 2.43. The van der Waals surface area contributed by atoms with Crippen molar-refractivity contribution in [1.29, 1.82) is 0 Å². The van der Waals surface area contributed by atoms with E-state index in [-0.39, 0.29) is 12.1 Å². The highest BCUT2D eigenvalue weighted by atomic mass is 19.4. The lowest BCUT2D eigenvalue weighted by Crippen LogP contribution is -2.47. The molecule has 0 aliphatic heterocycles. The van der Waals surface area contributed by atoms with E-state index in [0.29, 0.717) is 19.3 Å². The van der Waals surface area contributed by atoms with E-state index in [1.807, 2.05) is 0 Å². The SMILES string of the molecule is O=C(NC1CCCCC1C(F)(F)F)c1cnccn1. The van der Waals surface area contributed by atoms with Gasteiger partial charge in [0.2, 0.25) is 0 Å². The first-order chi connectivity index (χ1) is 8.98. The number of alkyl halides is 3. The summed E-state index contributed by atoms with van der Waals surface area (Å²) in [6, 6.07) is -0.872. The molecule has 7 heteroatoms. The van der Waals surface area contributed by atoms with Crippen molar-refractivity contribution < 1.29 is 18.0 Å². The number of rotatable bonds is 2. The lowest BCUT2D eigenvalue weighted by atomic mass is 9.84. The standard InChI is InChI=1S/C12H14F3N3O/c13-12(14,15)8-3-1-2-4-9(8)18-11(19)10-7-16-5-6-17-10/h5-9H,1-4H2,(H,18,19). The lowest BCUT2D eigenvalue weighted by molar-refractivity contribution is -0.187. The van der Waals surface area contributed by atoms with Gasteiger partial charge in [-0.2, -0.15) is 13.2 Å². The Hall–Kier alpha value is -1.66. The number of hydrogen-bond donors (Lipinski definition) is 1. The Bertz CT molecular complexity index is 436. The van der Waals surface area contributed by atoms with Gasteiger partial charge in [-0.05, 0) is 12.8 Å². The molecule has 19 heavy (non-hydrogen) atoms. The van der Waals surface area contributed by atoms with Gasteiger partial charge in [0, 0.05) is 18.4 Å². The quantitative estimate of drug-likeness (QED) is 0.899. The van der Waals surface area contributed by atoms with Crippen LogP contribution < -0.4 is 5.32 Å². The summed E-state index contributed by atoms with van der Waals surface area (Å²) in [4.78, 5) is 19.3. The van der Waals surface area contributed by atoms with Crippen LogP contribution in [0.1, 0.15) is 36.2 Å². The van der Waals surface area contributed by atoms with Gasteiger partial charge in [0.05, 0.1) is 12.1 Å². The van der Waals surface area contributed by atoms with Crippen molar-refractivity contribution in [3.05, 3.63) is 24.3 Å². The topological polar surface area (TPSA) is 54.9 Å². The average molecular weight is 273 g/mol. The third kappa shape index (κ3) is 3.42. The van der Waals surface area contributed by atoms with Crippen molar-refractivity contribution in [3.63, 3.8) is 0 Å². The van der Waals surface area contributed by atoms with Crippen LogP contribution in [0.5, 0.6) is 0 Å². The highest BCUT2D eigenvalue weighted by Crippen LogP contribution is 2.37. The Labute approximate surface area is 108 Å². The van der Waals surface area contributed by atoms with E-state index in [9.17, 15) is 18.0 Å². The zero-order valence-electron chi connectivity index (χ0n) is 10.2. The number of halogens is 3. The lowest BCUT2D eigenvalue weighted by Gasteiger charge is -2.33. The van der Waals surface area contributed by atoms with Crippen LogP contribution in [0.2, 0.25) is 0 Å². The molecule has 2 unspecified atom stereocenters. The van der Waals surface area contributed by atoms with Gasteiger partial charge in [0.15, 0.2) is 0 Å². The second-order valence-corrected chi connectivity index (χ2v) is 4.60. The van der Waals surface area contributed by atoms with Gasteiger partial charge >= 0.3 is 6.18 Å². The summed E-state index contributed by atoms with van der Waals surface area (Å²) >= 11 is 0. The summed E-state index contributed by atoms with van der Waals surface area (Å²) in [5.41, 5.74) is 0.0361. The van der Waals surface area contributed by atoms with Crippen LogP contribution in [0.3, 0.4) is 0 Å². The van der Waals surface area contributed by atoms with Crippen molar-refractivity contribution in [2.75, 3.05) is 0 Å². The van der Waals surface area contributed by atoms with Crippen LogP contribution in [0, 0.1) is 5.92 Å². The van der Waals surface area contributed by atoms with Gasteiger partial charge in [-0.15, -0.1) is 0 Å². The molecule has 1 saturated carbocycles. The Balaban J connectivity index is 2.06. The molecule has 1 N–H and O–H groups in total. The monoisotopic (exact) mass is 273 g/mol. The molecule has 1 heterocycles. The predicted octanol–water partition coefficient (Wildman–Crippen LogP) is 2.33. The molecule has 104 valence electrons. The van der Waals surface area contributed by atoms with Crippen LogP contribution in [-0.4, -0.2) is 28.1 Å². The van der Waals surface area contributed by atoms with E-state index < -0.39 is 24.0 Å². The average Bonchev–Trinajstić information content (AvgIpc) is 2.39. The molecule has 1 aromatic heterocycles. The summed E-state index contributed by atoms with van der Waals surface area (Å²) in [7, 11) is 0. The van der Waals surface area contributed by atoms with Crippen molar-refractivity contribution in [2.45, 2.75) is 37.9 Å². The summed E-state index contributed by atoms with van der Waals surface area (Å²) in [6.07, 6.45) is 1.33. The zero-order valence-corrected chi connectivity index (χ0v) is 10.2. The molecule has 1 aliphatic carbocycles. The molecule has 0 saturated heterocycles. The van der Waals surface area contributed by atoms with Crippen LogP contribution in [0.25, 0.3) is 0 Å². The minimum atomic E-state index is -4.28. The molecule has 0 bridgehead atoms. The molecule has 2 rings (SSSR count). The molecule has 4 nitrogen and oxygen atoms in total. The molecular formula is C12H14F3N3O. The molecule has 2 atom stereocenters. The van der Waals surface area contributed by atoms with Crippen LogP contribution in [0.15, 0.2) is 18.6 Å². The molecule has 0 aromatic carbocycles. The van der Waals surface area contributed by atoms with E-state index in [1.165, 1.54) is 18.6 Å². The molecule has 0 radical (unpaired) electrons. The second-order valence-electron chi connectivity index (χ2n) is 4.60. The Kier molecular flexibility index (Phi) is 4.01. The number of amides is 1. The van der Waals surface area contributed by atoms with Gasteiger partial charge in [-0.1, -0.05) is 12.8 Å². The largest absolute Gasteiger partial charge is 0.393 e. The third-order valence-corrected chi connectivity index (χ3v) is 3.30. The fourth-order valence-corrected chi connectivity index (χ4v) is 2.35. The van der Waals surface area contributed by atoms with E-state index in [0.717, 1.165) is 0 Å². The normalized spacial score (nSPS) is 23.9. The van der Waals surface area contributed by atoms with Crippen LogP contribution in [-0.2, 0) is 0 Å². The smallest absolute Gasteiger partial charge is 0.347 e. The van der Waals surface area contributed by atoms with Gasteiger partial charge in [-0.3, -0.25) is 9.78 Å². The maximum absolute atomic E-state index is 12.9. The predicted molar refractivity (Wildman–Crippen MR) is 61.3 cm³/mol. The number of carbonyl (C=O) groups is 1. The third-order valence-electron chi connectivity index (χ3n) is 3.30. The molecule has 1 aliphatic rings. The molecule has 1 aromatic rings. The Morgan fingerprint density at radius 1 is 1.26 bits per heavy atom. The minimum Gasteiger partial charge on any atom is -0.347 e. The van der Waals surface area contributed by atoms with E-state index in [1.54, 1.807) is 0 Å². The number of aromatic nitrogens is 2. The van der Waals surface area contributed by atoms with Gasteiger partial charge in [-0.25, -0.2) is 4.98 Å². The number of hydrogen-bond acceptors (Lipinski definition) is 3. The zero-order chi connectivity index (χ0) is 13.9. The highest BCUT2D eigenvalue weighted by Gasteiger charge is 2.46. The van der Waals surface area contributed by atoms with Crippen molar-refractivity contribution in [3.8, 4) is 0 Å². The summed E-state index contributed by atoms with van der Waals surface area (Å²) in [6.45, 7) is 0. The van der Waals surface area contributed by atoms with Crippen molar-refractivity contribution in [1.82, 2.24) is 15.3 Å². The number of nitrogens with zero attached hydrogens (tertiary/aromatic N) is 2. The molecular weight excluding hydrogens is 259 g/mol. The highest BCUT2D eigenvalue weighted by molar-refractivity contribution is 5.92. The summed E-state index contributed by atoms with van der Waals surface area (Å²) < 4.78 is 38.6. The van der Waals surface area contributed by atoms with Gasteiger partial charge in [0.25, 0.3) is 5.91 Å². The number of nitrogens with one attached hydrogen (secondary N) is 1. The Morgan fingerprint density at radius 2 is 2.00 bits per heavy atom. The Morgan fingerprint density at radius 3 is 2.63 bits per heavy atom. The van der Waals surface area contributed by atoms with E-state index >= 15 is 0 Å². The molecule has 1 fully saturated rings. The van der Waals surface area contributed by atoms with Crippen LogP contribution in [0.4, 0.5) is 13.2 Å². The van der Waals surface area contributed by atoms with Gasteiger partial charge in [0.1, 0.15) is 5.69 Å². The second kappa shape index (κ2) is 5.54. The number of carbonyl (C=O) groups excluding carboxylic acids is 1. The van der Waals surface area contributed by atoms with Crippen molar-refractivity contribution in [2.24, 2.45) is 5.92 Å². The first kappa shape index (κ1) is 13.8. The first-order valence-electron chi connectivity index (χ1n) is 6.12. The van der Waals surface area contributed by atoms with Gasteiger partial charge < -0.3 is 5.32 Å². The van der Waals surface area contributed by atoms with E-state index in [2.05, 4.69) is 15.3 Å². The first-order valence-corrected chi connectivity index (χ1v) is 6.12. The minimum absolute atomic E-state index is 0.0361. The fraction of sp³-hybridized carbons (Fsp3) is 0.583. The van der Waals surface area contributed by atoms with E-state index in [4.69, 9.17) is 0 Å². The summed E-state index contributed by atoms with van der Waals surface area (Å²) in [5.74, 6) is -2.07. The molecule has 1 amide bonds. The maximum Gasteiger partial charge on any atom is 0.393 e. The fourth-order valence-electron chi connectivity index (χ4n) is 2.35.